The predicted octanol–water partition coefficient (Wildman–Crippen LogP) is 3.27. The number of benzene rings is 1. The summed E-state index contributed by atoms with van der Waals surface area (Å²) in [4.78, 5) is 0. The zero-order valence-corrected chi connectivity index (χ0v) is 12.2. The van der Waals surface area contributed by atoms with Gasteiger partial charge in [-0.15, -0.1) is 0 Å². The van der Waals surface area contributed by atoms with Crippen molar-refractivity contribution in [3.8, 4) is 5.75 Å². The molecule has 1 aromatic carbocycles. The van der Waals surface area contributed by atoms with Crippen LogP contribution in [0.4, 0.5) is 0 Å². The summed E-state index contributed by atoms with van der Waals surface area (Å²) in [7, 11) is 1.69. The smallest absolute Gasteiger partial charge is 0.124 e. The third kappa shape index (κ3) is 4.66. The Balaban J connectivity index is 2.76. The van der Waals surface area contributed by atoms with E-state index in [-0.39, 0.29) is 12.1 Å². The Morgan fingerprint density at radius 2 is 2.06 bits per heavy atom. The number of methoxy groups -OCH3 is 1. The summed E-state index contributed by atoms with van der Waals surface area (Å²) >= 11 is 3.44. The molecule has 0 aliphatic heterocycles. The van der Waals surface area contributed by atoms with Crippen molar-refractivity contribution in [2.24, 2.45) is 5.73 Å². The van der Waals surface area contributed by atoms with Crippen molar-refractivity contribution in [1.82, 2.24) is 0 Å². The highest BCUT2D eigenvalue weighted by molar-refractivity contribution is 9.10. The Kier molecular flexibility index (Phi) is 5.95. The van der Waals surface area contributed by atoms with E-state index in [0.29, 0.717) is 6.61 Å². The second-order valence-corrected chi connectivity index (χ2v) is 5.10. The molecule has 0 spiro atoms. The van der Waals surface area contributed by atoms with Crippen LogP contribution in [0.5, 0.6) is 5.75 Å². The third-order valence-electron chi connectivity index (χ3n) is 2.52. The van der Waals surface area contributed by atoms with Crippen LogP contribution >= 0.6 is 15.9 Å². The van der Waals surface area contributed by atoms with Crippen molar-refractivity contribution >= 4 is 15.9 Å². The van der Waals surface area contributed by atoms with E-state index >= 15 is 0 Å². The summed E-state index contributed by atoms with van der Waals surface area (Å²) in [6, 6.07) is 5.87. The summed E-state index contributed by atoms with van der Waals surface area (Å²) in [6.45, 7) is 4.69. The molecule has 1 aromatic rings. The van der Waals surface area contributed by atoms with Gasteiger partial charge in [-0.1, -0.05) is 15.9 Å². The van der Waals surface area contributed by atoms with E-state index in [1.54, 1.807) is 7.11 Å². The normalized spacial score (nSPS) is 14.4. The largest absolute Gasteiger partial charge is 0.490 e. The van der Waals surface area contributed by atoms with Gasteiger partial charge in [0.25, 0.3) is 0 Å². The van der Waals surface area contributed by atoms with Gasteiger partial charge in [-0.2, -0.15) is 0 Å². The second-order valence-electron chi connectivity index (χ2n) is 4.18. The number of halogens is 1. The number of hydrogen-bond acceptors (Lipinski definition) is 3. The summed E-state index contributed by atoms with van der Waals surface area (Å²) in [5.74, 6) is 0.854. The molecule has 0 aromatic heterocycles. The molecule has 0 bridgehead atoms. The zero-order chi connectivity index (χ0) is 12.8. The van der Waals surface area contributed by atoms with E-state index in [9.17, 15) is 0 Å². The fourth-order valence-electron chi connectivity index (χ4n) is 1.54. The molecule has 2 atom stereocenters. The lowest BCUT2D eigenvalue weighted by atomic mass is 10.1. The molecule has 0 aliphatic carbocycles. The maximum atomic E-state index is 5.93. The molecule has 0 aliphatic rings. The van der Waals surface area contributed by atoms with Crippen LogP contribution in [-0.4, -0.2) is 19.8 Å². The Bertz CT molecular complexity index is 355. The Morgan fingerprint density at radius 1 is 1.35 bits per heavy atom. The van der Waals surface area contributed by atoms with Crippen LogP contribution in [0.15, 0.2) is 22.7 Å². The van der Waals surface area contributed by atoms with Gasteiger partial charge in [0, 0.05) is 36.2 Å². The average molecular weight is 302 g/mol. The van der Waals surface area contributed by atoms with Crippen LogP contribution in [0, 0.1) is 0 Å². The van der Waals surface area contributed by atoms with Gasteiger partial charge >= 0.3 is 0 Å². The molecule has 0 heterocycles. The lowest BCUT2D eigenvalue weighted by Gasteiger charge is -2.19. The number of nitrogens with two attached hydrogens (primary N) is 1. The number of rotatable bonds is 6. The lowest BCUT2D eigenvalue weighted by molar-refractivity contribution is 0.134. The van der Waals surface area contributed by atoms with E-state index in [1.165, 1.54) is 0 Å². The molecule has 0 saturated carbocycles. The standard InChI is InChI=1S/C13H20BrNO2/c1-9(6-7-16-3)17-13-5-4-11(14)8-12(13)10(2)15/h4-5,8-10H,6-7,15H2,1-3H3/t9?,10-/m0/s1. The van der Waals surface area contributed by atoms with E-state index < -0.39 is 0 Å². The van der Waals surface area contributed by atoms with Gasteiger partial charge in [-0.25, -0.2) is 0 Å². The van der Waals surface area contributed by atoms with Crippen molar-refractivity contribution in [1.29, 1.82) is 0 Å². The quantitative estimate of drug-likeness (QED) is 0.877. The van der Waals surface area contributed by atoms with Crippen LogP contribution in [0.1, 0.15) is 31.9 Å². The summed E-state index contributed by atoms with van der Waals surface area (Å²) < 4.78 is 11.9. The molecule has 2 N–H and O–H groups in total. The van der Waals surface area contributed by atoms with Gasteiger partial charge in [0.2, 0.25) is 0 Å². The summed E-state index contributed by atoms with van der Waals surface area (Å²) in [6.07, 6.45) is 0.985. The van der Waals surface area contributed by atoms with Crippen LogP contribution in [0.25, 0.3) is 0 Å². The highest BCUT2D eigenvalue weighted by atomic mass is 79.9. The van der Waals surface area contributed by atoms with E-state index in [2.05, 4.69) is 15.9 Å². The van der Waals surface area contributed by atoms with Gasteiger partial charge in [-0.05, 0) is 32.0 Å². The summed E-state index contributed by atoms with van der Waals surface area (Å²) in [5, 5.41) is 0. The van der Waals surface area contributed by atoms with Crippen molar-refractivity contribution in [3.05, 3.63) is 28.2 Å². The first-order valence-corrected chi connectivity index (χ1v) is 6.54. The minimum Gasteiger partial charge on any atom is -0.490 e. The molecule has 0 amide bonds. The Hall–Kier alpha value is -0.580. The molecule has 1 unspecified atom stereocenters. The van der Waals surface area contributed by atoms with Gasteiger partial charge in [0.15, 0.2) is 0 Å². The van der Waals surface area contributed by atoms with Crippen LogP contribution < -0.4 is 10.5 Å². The number of hydrogen-bond donors (Lipinski definition) is 1. The average Bonchev–Trinajstić information content (AvgIpc) is 2.28. The molecular formula is C13H20BrNO2. The third-order valence-corrected chi connectivity index (χ3v) is 3.01. The molecular weight excluding hydrogens is 282 g/mol. The SMILES string of the molecule is COCCC(C)Oc1ccc(Br)cc1[C@H](C)N. The maximum Gasteiger partial charge on any atom is 0.124 e. The highest BCUT2D eigenvalue weighted by Gasteiger charge is 2.11. The van der Waals surface area contributed by atoms with Crippen molar-refractivity contribution < 1.29 is 9.47 Å². The van der Waals surface area contributed by atoms with Crippen LogP contribution in [-0.2, 0) is 4.74 Å². The maximum absolute atomic E-state index is 5.93. The minimum atomic E-state index is -0.0443. The van der Waals surface area contributed by atoms with Gasteiger partial charge < -0.3 is 15.2 Å². The monoisotopic (exact) mass is 301 g/mol. The molecule has 1 rings (SSSR count). The van der Waals surface area contributed by atoms with E-state index in [1.807, 2.05) is 32.0 Å². The first-order chi connectivity index (χ1) is 8.04. The second kappa shape index (κ2) is 6.99. The van der Waals surface area contributed by atoms with Crippen molar-refractivity contribution in [2.45, 2.75) is 32.4 Å². The lowest BCUT2D eigenvalue weighted by Crippen LogP contribution is -2.16. The molecule has 96 valence electrons. The van der Waals surface area contributed by atoms with E-state index in [0.717, 1.165) is 22.2 Å². The fourth-order valence-corrected chi connectivity index (χ4v) is 1.92. The molecule has 3 nitrogen and oxygen atoms in total. The predicted molar refractivity (Wildman–Crippen MR) is 73.3 cm³/mol. The Labute approximate surface area is 111 Å². The first-order valence-electron chi connectivity index (χ1n) is 5.75. The van der Waals surface area contributed by atoms with Crippen LogP contribution in [0.2, 0.25) is 0 Å². The zero-order valence-electron chi connectivity index (χ0n) is 10.6. The van der Waals surface area contributed by atoms with Gasteiger partial charge in [0.05, 0.1) is 6.10 Å². The summed E-state index contributed by atoms with van der Waals surface area (Å²) in [5.41, 5.74) is 6.95. The van der Waals surface area contributed by atoms with Crippen LogP contribution in [0.3, 0.4) is 0 Å². The topological polar surface area (TPSA) is 44.5 Å². The molecule has 4 heteroatoms. The van der Waals surface area contributed by atoms with Gasteiger partial charge in [0.1, 0.15) is 5.75 Å². The van der Waals surface area contributed by atoms with E-state index in [4.69, 9.17) is 15.2 Å². The highest BCUT2D eigenvalue weighted by Crippen LogP contribution is 2.28. The minimum absolute atomic E-state index is 0.0443. The number of ether oxygens (including phenoxy) is 2. The molecule has 0 saturated heterocycles. The van der Waals surface area contributed by atoms with Crippen molar-refractivity contribution in [2.75, 3.05) is 13.7 Å². The fraction of sp³-hybridized carbons (Fsp3) is 0.538. The van der Waals surface area contributed by atoms with Gasteiger partial charge in [-0.3, -0.25) is 0 Å². The Morgan fingerprint density at radius 3 is 2.65 bits per heavy atom. The first kappa shape index (κ1) is 14.5. The molecule has 17 heavy (non-hydrogen) atoms. The molecule has 0 radical (unpaired) electrons. The van der Waals surface area contributed by atoms with Crippen molar-refractivity contribution in [3.63, 3.8) is 0 Å². The molecule has 0 fully saturated rings.